The summed E-state index contributed by atoms with van der Waals surface area (Å²) in [6, 6.07) is 7.39. The highest BCUT2D eigenvalue weighted by molar-refractivity contribution is 6.03. The quantitative estimate of drug-likeness (QED) is 0.798. The lowest BCUT2D eigenvalue weighted by atomic mass is 10.2. The molecule has 92 valence electrons. The summed E-state index contributed by atoms with van der Waals surface area (Å²) in [5, 5.41) is 2.56. The fraction of sp³-hybridized carbons (Fsp3) is 0.0769. The first kappa shape index (κ1) is 12.0. The van der Waals surface area contributed by atoms with Crippen LogP contribution in [0.25, 0.3) is 0 Å². The lowest BCUT2D eigenvalue weighted by Gasteiger charge is -2.07. The molecule has 0 saturated heterocycles. The van der Waals surface area contributed by atoms with Gasteiger partial charge in [0.25, 0.3) is 5.91 Å². The number of benzene rings is 1. The van der Waals surface area contributed by atoms with E-state index in [-0.39, 0.29) is 5.69 Å². The number of carbonyl (C=O) groups is 1. The van der Waals surface area contributed by atoms with Crippen molar-refractivity contribution in [3.05, 3.63) is 53.6 Å². The number of hydrogen-bond acceptors (Lipinski definition) is 3. The van der Waals surface area contributed by atoms with Crippen LogP contribution in [0, 0.1) is 12.7 Å². The van der Waals surface area contributed by atoms with E-state index in [1.807, 2.05) is 0 Å². The molecule has 1 amide bonds. The fourth-order valence-corrected chi connectivity index (χ4v) is 1.60. The van der Waals surface area contributed by atoms with Crippen LogP contribution in [0.4, 0.5) is 15.8 Å². The van der Waals surface area contributed by atoms with Crippen molar-refractivity contribution >= 4 is 17.3 Å². The lowest BCUT2D eigenvalue weighted by Crippen LogP contribution is -2.15. The maximum atomic E-state index is 13.1. The largest absolute Gasteiger partial charge is 0.399 e. The molecule has 0 aliphatic rings. The standard InChI is InChI=1S/C13H12FN3O/c1-8-3-2-4-16-12(8)13(18)17-11-6-9(14)5-10(15)7-11/h2-7H,15H2,1H3,(H,17,18). The van der Waals surface area contributed by atoms with Gasteiger partial charge in [-0.1, -0.05) is 6.07 Å². The number of hydrogen-bond donors (Lipinski definition) is 2. The Balaban J connectivity index is 2.24. The van der Waals surface area contributed by atoms with Crippen molar-refractivity contribution in [1.29, 1.82) is 0 Å². The van der Waals surface area contributed by atoms with Crippen LogP contribution < -0.4 is 11.1 Å². The van der Waals surface area contributed by atoms with Gasteiger partial charge in [0.1, 0.15) is 11.5 Å². The summed E-state index contributed by atoms with van der Waals surface area (Å²) in [5.74, 6) is -0.888. The molecule has 0 aliphatic carbocycles. The highest BCUT2D eigenvalue weighted by Gasteiger charge is 2.10. The number of halogens is 1. The minimum Gasteiger partial charge on any atom is -0.399 e. The summed E-state index contributed by atoms with van der Waals surface area (Å²) < 4.78 is 13.1. The van der Waals surface area contributed by atoms with E-state index < -0.39 is 11.7 Å². The maximum absolute atomic E-state index is 13.1. The molecule has 18 heavy (non-hydrogen) atoms. The molecule has 1 heterocycles. The molecule has 0 fully saturated rings. The Morgan fingerprint density at radius 2 is 2.17 bits per heavy atom. The Bertz CT molecular complexity index is 578. The first-order chi connectivity index (χ1) is 8.56. The van der Waals surface area contributed by atoms with Gasteiger partial charge in [-0.3, -0.25) is 9.78 Å². The van der Waals surface area contributed by atoms with Crippen molar-refractivity contribution in [2.24, 2.45) is 0 Å². The van der Waals surface area contributed by atoms with Crippen LogP contribution in [0.15, 0.2) is 36.5 Å². The average Bonchev–Trinajstić information content (AvgIpc) is 2.27. The van der Waals surface area contributed by atoms with Crippen molar-refractivity contribution in [2.75, 3.05) is 11.1 Å². The predicted octanol–water partition coefficient (Wildman–Crippen LogP) is 2.36. The highest BCUT2D eigenvalue weighted by Crippen LogP contribution is 2.16. The smallest absolute Gasteiger partial charge is 0.274 e. The zero-order valence-electron chi connectivity index (χ0n) is 9.77. The number of aryl methyl sites for hydroxylation is 1. The van der Waals surface area contributed by atoms with E-state index in [9.17, 15) is 9.18 Å². The summed E-state index contributed by atoms with van der Waals surface area (Å²) in [4.78, 5) is 15.9. The molecule has 1 aromatic carbocycles. The van der Waals surface area contributed by atoms with Crippen LogP contribution in [0.3, 0.4) is 0 Å². The SMILES string of the molecule is Cc1cccnc1C(=O)Nc1cc(N)cc(F)c1. The van der Waals surface area contributed by atoms with Crippen LogP contribution in [0.5, 0.6) is 0 Å². The Labute approximate surface area is 104 Å². The third-order valence-corrected chi connectivity index (χ3v) is 2.40. The molecule has 0 saturated carbocycles. The zero-order chi connectivity index (χ0) is 13.1. The Hall–Kier alpha value is -2.43. The molecule has 0 unspecified atom stereocenters. The van der Waals surface area contributed by atoms with Crippen molar-refractivity contribution in [1.82, 2.24) is 4.98 Å². The van der Waals surface area contributed by atoms with Gasteiger partial charge in [0.15, 0.2) is 0 Å². The average molecular weight is 245 g/mol. The summed E-state index contributed by atoms with van der Waals surface area (Å²) in [7, 11) is 0. The molecule has 1 aromatic heterocycles. The van der Waals surface area contributed by atoms with Gasteiger partial charge in [0.05, 0.1) is 0 Å². The third kappa shape index (κ3) is 2.63. The number of nitrogens with zero attached hydrogens (tertiary/aromatic N) is 1. The van der Waals surface area contributed by atoms with E-state index in [0.717, 1.165) is 5.56 Å². The van der Waals surface area contributed by atoms with Gasteiger partial charge in [0.2, 0.25) is 0 Å². The van der Waals surface area contributed by atoms with E-state index in [1.165, 1.54) is 24.4 Å². The normalized spacial score (nSPS) is 10.1. The van der Waals surface area contributed by atoms with Gasteiger partial charge >= 0.3 is 0 Å². The summed E-state index contributed by atoms with van der Waals surface area (Å²) in [6.45, 7) is 1.78. The molecule has 0 radical (unpaired) electrons. The summed E-state index contributed by atoms with van der Waals surface area (Å²) in [5.41, 5.74) is 7.11. The predicted molar refractivity (Wildman–Crippen MR) is 67.7 cm³/mol. The van der Waals surface area contributed by atoms with Crippen LogP contribution >= 0.6 is 0 Å². The van der Waals surface area contributed by atoms with E-state index >= 15 is 0 Å². The van der Waals surface area contributed by atoms with Gasteiger partial charge in [-0.25, -0.2) is 4.39 Å². The van der Waals surface area contributed by atoms with E-state index in [4.69, 9.17) is 5.73 Å². The molecule has 0 bridgehead atoms. The molecule has 2 rings (SSSR count). The Morgan fingerprint density at radius 3 is 2.83 bits per heavy atom. The third-order valence-electron chi connectivity index (χ3n) is 2.40. The van der Waals surface area contributed by atoms with Crippen molar-refractivity contribution in [2.45, 2.75) is 6.92 Å². The number of nitrogens with two attached hydrogens (primary N) is 1. The minimum absolute atomic E-state index is 0.253. The zero-order valence-corrected chi connectivity index (χ0v) is 9.77. The van der Waals surface area contributed by atoms with Gasteiger partial charge in [-0.05, 0) is 36.8 Å². The van der Waals surface area contributed by atoms with Crippen molar-refractivity contribution in [3.8, 4) is 0 Å². The van der Waals surface area contributed by atoms with Crippen molar-refractivity contribution < 1.29 is 9.18 Å². The number of amides is 1. The number of nitrogens with one attached hydrogen (secondary N) is 1. The van der Waals surface area contributed by atoms with Crippen LogP contribution in [0.1, 0.15) is 16.1 Å². The second-order valence-corrected chi connectivity index (χ2v) is 3.90. The highest BCUT2D eigenvalue weighted by atomic mass is 19.1. The Kier molecular flexibility index (Phi) is 3.23. The van der Waals surface area contributed by atoms with Crippen LogP contribution in [0.2, 0.25) is 0 Å². The molecule has 4 nitrogen and oxygen atoms in total. The fourth-order valence-electron chi connectivity index (χ4n) is 1.60. The minimum atomic E-state index is -0.497. The van der Waals surface area contributed by atoms with E-state index in [2.05, 4.69) is 10.3 Å². The van der Waals surface area contributed by atoms with E-state index in [0.29, 0.717) is 11.4 Å². The van der Waals surface area contributed by atoms with Crippen LogP contribution in [-0.2, 0) is 0 Å². The molecular formula is C13H12FN3O. The monoisotopic (exact) mass is 245 g/mol. The van der Waals surface area contributed by atoms with Gasteiger partial charge in [-0.2, -0.15) is 0 Å². The molecule has 5 heteroatoms. The lowest BCUT2D eigenvalue weighted by molar-refractivity contribution is 0.102. The molecule has 2 aromatic rings. The van der Waals surface area contributed by atoms with Gasteiger partial charge < -0.3 is 11.1 Å². The molecule has 0 aliphatic heterocycles. The first-order valence-electron chi connectivity index (χ1n) is 5.35. The van der Waals surface area contributed by atoms with Gasteiger partial charge in [-0.15, -0.1) is 0 Å². The summed E-state index contributed by atoms with van der Waals surface area (Å²) in [6.07, 6.45) is 1.53. The molecule has 0 spiro atoms. The second kappa shape index (κ2) is 4.83. The number of rotatable bonds is 2. The van der Waals surface area contributed by atoms with Gasteiger partial charge in [0, 0.05) is 17.6 Å². The molecule has 0 atom stereocenters. The number of pyridine rings is 1. The molecule has 3 N–H and O–H groups in total. The topological polar surface area (TPSA) is 68.0 Å². The number of carbonyl (C=O) groups excluding carboxylic acids is 1. The second-order valence-electron chi connectivity index (χ2n) is 3.90. The van der Waals surface area contributed by atoms with Crippen LogP contribution in [-0.4, -0.2) is 10.9 Å². The first-order valence-corrected chi connectivity index (χ1v) is 5.35. The number of aromatic nitrogens is 1. The number of anilines is 2. The Morgan fingerprint density at radius 1 is 1.39 bits per heavy atom. The number of nitrogen functional groups attached to an aromatic ring is 1. The molecular weight excluding hydrogens is 233 g/mol. The summed E-state index contributed by atoms with van der Waals surface area (Å²) >= 11 is 0. The van der Waals surface area contributed by atoms with E-state index in [1.54, 1.807) is 19.1 Å². The van der Waals surface area contributed by atoms with Crippen molar-refractivity contribution in [3.63, 3.8) is 0 Å². The maximum Gasteiger partial charge on any atom is 0.274 e.